The molecule has 0 atom stereocenters. The fourth-order valence-corrected chi connectivity index (χ4v) is 0.378. The van der Waals surface area contributed by atoms with Crippen molar-refractivity contribution >= 4 is 0 Å². The standard InChI is InChI=1S/C4H6O2/c5-4-1-2-6-3-4/h1,5H,2-3H2. The summed E-state index contributed by atoms with van der Waals surface area (Å²) in [6, 6.07) is 0. The first-order valence-electron chi connectivity index (χ1n) is 1.85. The van der Waals surface area contributed by atoms with Crippen LogP contribution in [-0.4, -0.2) is 18.3 Å². The molecule has 1 rings (SSSR count). The topological polar surface area (TPSA) is 29.5 Å². The van der Waals surface area contributed by atoms with Gasteiger partial charge in [-0.2, -0.15) is 0 Å². The van der Waals surface area contributed by atoms with Crippen molar-refractivity contribution in [1.82, 2.24) is 0 Å². The quantitative estimate of drug-likeness (QED) is 0.464. The predicted molar refractivity (Wildman–Crippen MR) is 21.5 cm³/mol. The largest absolute Gasteiger partial charge is 0.510 e. The molecule has 0 fully saturated rings. The minimum atomic E-state index is 0.356. The molecule has 0 radical (unpaired) electrons. The molecule has 1 heterocycles. The summed E-state index contributed by atoms with van der Waals surface area (Å²) in [5.41, 5.74) is 0. The van der Waals surface area contributed by atoms with Gasteiger partial charge < -0.3 is 9.84 Å². The first-order valence-corrected chi connectivity index (χ1v) is 1.85. The Kier molecular flexibility index (Phi) is 0.801. The highest BCUT2D eigenvalue weighted by Gasteiger charge is 1.97. The summed E-state index contributed by atoms with van der Waals surface area (Å²) in [4.78, 5) is 0. The van der Waals surface area contributed by atoms with Gasteiger partial charge in [0, 0.05) is 0 Å². The van der Waals surface area contributed by atoms with E-state index in [0.29, 0.717) is 19.0 Å². The van der Waals surface area contributed by atoms with Gasteiger partial charge in [-0.05, 0) is 6.08 Å². The number of rotatable bonds is 0. The third-order valence-corrected chi connectivity index (χ3v) is 0.687. The van der Waals surface area contributed by atoms with Crippen LogP contribution in [0.25, 0.3) is 0 Å². The fraction of sp³-hybridized carbons (Fsp3) is 0.500. The molecule has 0 bridgehead atoms. The van der Waals surface area contributed by atoms with Crippen LogP contribution in [0.1, 0.15) is 0 Å². The average Bonchev–Trinajstić information content (AvgIpc) is 1.86. The molecule has 2 heteroatoms. The monoisotopic (exact) mass is 86.0 g/mol. The van der Waals surface area contributed by atoms with Crippen LogP contribution in [0.15, 0.2) is 11.8 Å². The Hall–Kier alpha value is -0.500. The Balaban J connectivity index is 2.45. The van der Waals surface area contributed by atoms with Crippen LogP contribution in [-0.2, 0) is 4.74 Å². The van der Waals surface area contributed by atoms with Gasteiger partial charge in [0.15, 0.2) is 0 Å². The molecular formula is C4H6O2. The van der Waals surface area contributed by atoms with Crippen molar-refractivity contribution in [1.29, 1.82) is 0 Å². The molecule has 0 aliphatic carbocycles. The first-order chi connectivity index (χ1) is 2.89. The lowest BCUT2D eigenvalue weighted by molar-refractivity contribution is 0.183. The van der Waals surface area contributed by atoms with Gasteiger partial charge in [-0.1, -0.05) is 0 Å². The first kappa shape index (κ1) is 3.68. The molecule has 0 spiro atoms. The molecule has 0 aromatic heterocycles. The van der Waals surface area contributed by atoms with Crippen LogP contribution in [0.5, 0.6) is 0 Å². The normalized spacial score (nSPS) is 21.0. The summed E-state index contributed by atoms with van der Waals surface area (Å²) in [6.07, 6.45) is 1.65. The van der Waals surface area contributed by atoms with E-state index in [2.05, 4.69) is 0 Å². The van der Waals surface area contributed by atoms with Gasteiger partial charge >= 0.3 is 0 Å². The third-order valence-electron chi connectivity index (χ3n) is 0.687. The Bertz CT molecular complexity index is 75.6. The average molecular weight is 86.1 g/mol. The van der Waals surface area contributed by atoms with E-state index in [9.17, 15) is 0 Å². The number of aliphatic hydroxyl groups is 1. The maximum Gasteiger partial charge on any atom is 0.116 e. The van der Waals surface area contributed by atoms with Crippen molar-refractivity contribution in [3.05, 3.63) is 11.8 Å². The van der Waals surface area contributed by atoms with E-state index in [-0.39, 0.29) is 0 Å². The molecule has 0 amide bonds. The molecule has 0 saturated carbocycles. The van der Waals surface area contributed by atoms with E-state index in [1.54, 1.807) is 6.08 Å². The lowest BCUT2D eigenvalue weighted by Crippen LogP contribution is -1.83. The maximum absolute atomic E-state index is 8.47. The van der Waals surface area contributed by atoms with Crippen molar-refractivity contribution in [2.45, 2.75) is 0 Å². The van der Waals surface area contributed by atoms with Gasteiger partial charge in [0.05, 0.1) is 6.61 Å². The zero-order valence-corrected chi connectivity index (χ0v) is 3.35. The molecular weight excluding hydrogens is 80.0 g/mol. The number of ether oxygens (including phenoxy) is 1. The highest BCUT2D eigenvalue weighted by molar-refractivity contribution is 4.95. The zero-order chi connectivity index (χ0) is 4.41. The number of aliphatic hydroxyl groups excluding tert-OH is 1. The van der Waals surface area contributed by atoms with E-state index in [4.69, 9.17) is 9.84 Å². The van der Waals surface area contributed by atoms with Crippen molar-refractivity contribution in [3.63, 3.8) is 0 Å². The minimum absolute atomic E-state index is 0.356. The van der Waals surface area contributed by atoms with Crippen molar-refractivity contribution in [2.75, 3.05) is 13.2 Å². The fourth-order valence-electron chi connectivity index (χ4n) is 0.378. The van der Waals surface area contributed by atoms with Crippen LogP contribution in [0, 0.1) is 0 Å². The molecule has 1 aliphatic rings. The lowest BCUT2D eigenvalue weighted by Gasteiger charge is -1.82. The zero-order valence-electron chi connectivity index (χ0n) is 3.35. The highest BCUT2D eigenvalue weighted by atomic mass is 16.5. The van der Waals surface area contributed by atoms with Crippen LogP contribution in [0.3, 0.4) is 0 Å². The molecule has 2 nitrogen and oxygen atoms in total. The molecule has 1 aliphatic heterocycles. The minimum Gasteiger partial charge on any atom is -0.510 e. The van der Waals surface area contributed by atoms with Gasteiger partial charge in [-0.3, -0.25) is 0 Å². The SMILES string of the molecule is OC1=CCOC1. The summed E-state index contributed by atoms with van der Waals surface area (Å²) < 4.78 is 4.71. The second-order valence-corrected chi connectivity index (χ2v) is 1.21. The predicted octanol–water partition coefficient (Wildman–Crippen LogP) is 0.458. The highest BCUT2D eigenvalue weighted by Crippen LogP contribution is 1.96. The Morgan fingerprint density at radius 3 is 2.83 bits per heavy atom. The Morgan fingerprint density at radius 1 is 1.83 bits per heavy atom. The second kappa shape index (κ2) is 1.30. The van der Waals surface area contributed by atoms with Crippen molar-refractivity contribution < 1.29 is 9.84 Å². The second-order valence-electron chi connectivity index (χ2n) is 1.21. The molecule has 0 aromatic carbocycles. The molecule has 0 aromatic rings. The van der Waals surface area contributed by atoms with Crippen LogP contribution >= 0.6 is 0 Å². The molecule has 0 unspecified atom stereocenters. The van der Waals surface area contributed by atoms with E-state index >= 15 is 0 Å². The van der Waals surface area contributed by atoms with Gasteiger partial charge in [-0.15, -0.1) is 0 Å². The number of hydrogen-bond donors (Lipinski definition) is 1. The summed E-state index contributed by atoms with van der Waals surface area (Å²) in [6.45, 7) is 0.978. The lowest BCUT2D eigenvalue weighted by atomic mass is 10.5. The van der Waals surface area contributed by atoms with Gasteiger partial charge in [0.2, 0.25) is 0 Å². The van der Waals surface area contributed by atoms with Crippen LogP contribution in [0.2, 0.25) is 0 Å². The van der Waals surface area contributed by atoms with E-state index < -0.39 is 0 Å². The van der Waals surface area contributed by atoms with Crippen LogP contribution < -0.4 is 0 Å². The van der Waals surface area contributed by atoms with E-state index in [0.717, 1.165) is 0 Å². The van der Waals surface area contributed by atoms with Crippen molar-refractivity contribution in [2.24, 2.45) is 0 Å². The summed E-state index contributed by atoms with van der Waals surface area (Å²) >= 11 is 0. The van der Waals surface area contributed by atoms with E-state index in [1.165, 1.54) is 0 Å². The molecule has 1 N–H and O–H groups in total. The Labute approximate surface area is 36.0 Å². The van der Waals surface area contributed by atoms with Crippen LogP contribution in [0.4, 0.5) is 0 Å². The molecule has 0 saturated heterocycles. The summed E-state index contributed by atoms with van der Waals surface area (Å²) in [5.74, 6) is 0.356. The Morgan fingerprint density at radius 2 is 2.67 bits per heavy atom. The maximum atomic E-state index is 8.47. The van der Waals surface area contributed by atoms with Crippen molar-refractivity contribution in [3.8, 4) is 0 Å². The third kappa shape index (κ3) is 0.518. The molecule has 34 valence electrons. The smallest absolute Gasteiger partial charge is 0.116 e. The number of hydrogen-bond acceptors (Lipinski definition) is 2. The van der Waals surface area contributed by atoms with Gasteiger partial charge in [0.1, 0.15) is 12.4 Å². The van der Waals surface area contributed by atoms with Gasteiger partial charge in [-0.25, -0.2) is 0 Å². The molecule has 6 heavy (non-hydrogen) atoms. The summed E-state index contributed by atoms with van der Waals surface area (Å²) in [7, 11) is 0. The van der Waals surface area contributed by atoms with Gasteiger partial charge in [0.25, 0.3) is 0 Å². The van der Waals surface area contributed by atoms with E-state index in [1.807, 2.05) is 0 Å². The summed E-state index contributed by atoms with van der Waals surface area (Å²) in [5, 5.41) is 8.47.